The summed E-state index contributed by atoms with van der Waals surface area (Å²) in [7, 11) is 0. The van der Waals surface area contributed by atoms with Gasteiger partial charge < -0.3 is 15.0 Å². The third-order valence-electron chi connectivity index (χ3n) is 5.30. The molecule has 4 aromatic rings. The van der Waals surface area contributed by atoms with E-state index in [9.17, 15) is 4.79 Å². The van der Waals surface area contributed by atoms with Crippen LogP contribution < -0.4 is 5.32 Å². The summed E-state index contributed by atoms with van der Waals surface area (Å²) >= 11 is 0. The highest BCUT2D eigenvalue weighted by atomic mass is 16.5. The number of aromatic amines is 1. The molecule has 5 rings (SSSR count). The van der Waals surface area contributed by atoms with Gasteiger partial charge in [-0.15, -0.1) is 0 Å². The second kappa shape index (κ2) is 7.09. The highest BCUT2D eigenvalue weighted by molar-refractivity contribution is 5.97. The molecule has 0 atom stereocenters. The van der Waals surface area contributed by atoms with Crippen molar-refractivity contribution in [3.8, 4) is 5.95 Å². The zero-order valence-corrected chi connectivity index (χ0v) is 15.4. The minimum Gasteiger partial charge on any atom is -0.381 e. The number of rotatable bonds is 4. The van der Waals surface area contributed by atoms with Crippen LogP contribution >= 0.6 is 0 Å². The van der Waals surface area contributed by atoms with E-state index in [1.165, 1.54) is 0 Å². The molecule has 2 aromatic carbocycles. The van der Waals surface area contributed by atoms with Gasteiger partial charge >= 0.3 is 0 Å². The summed E-state index contributed by atoms with van der Waals surface area (Å²) < 4.78 is 7.15. The first-order chi connectivity index (χ1) is 13.8. The van der Waals surface area contributed by atoms with Gasteiger partial charge in [-0.2, -0.15) is 9.78 Å². The number of nitrogens with one attached hydrogen (secondary N) is 2. The Labute approximate surface area is 161 Å². The molecule has 142 valence electrons. The lowest BCUT2D eigenvalue weighted by Gasteiger charge is -2.22. The van der Waals surface area contributed by atoms with E-state index in [0.29, 0.717) is 24.0 Å². The Bertz CT molecular complexity index is 1140. The fourth-order valence-electron chi connectivity index (χ4n) is 3.67. The first kappa shape index (κ1) is 16.9. The maximum atomic E-state index is 12.5. The van der Waals surface area contributed by atoms with E-state index in [1.54, 1.807) is 4.68 Å². The normalized spacial score (nSPS) is 15.3. The lowest BCUT2D eigenvalue weighted by atomic mass is 10.0. The number of benzene rings is 2. The zero-order chi connectivity index (χ0) is 18.9. The predicted molar refractivity (Wildman–Crippen MR) is 107 cm³/mol. The number of hydrogen-bond acceptors (Lipinski definition) is 4. The van der Waals surface area contributed by atoms with Crippen LogP contribution in [0, 0.1) is 5.92 Å². The van der Waals surface area contributed by atoms with E-state index in [0.717, 1.165) is 48.0 Å². The van der Waals surface area contributed by atoms with Crippen LogP contribution in [0.1, 0.15) is 23.2 Å². The number of ether oxygens (including phenoxy) is 1. The van der Waals surface area contributed by atoms with Crippen molar-refractivity contribution in [1.29, 1.82) is 0 Å². The summed E-state index contributed by atoms with van der Waals surface area (Å²) in [6, 6.07) is 13.5. The maximum absolute atomic E-state index is 12.5. The summed E-state index contributed by atoms with van der Waals surface area (Å²) in [5.41, 5.74) is 3.22. The molecule has 0 saturated carbocycles. The number of amides is 1. The molecule has 0 bridgehead atoms. The smallest absolute Gasteiger partial charge is 0.251 e. The second-order valence-electron chi connectivity index (χ2n) is 7.17. The number of H-pyrrole nitrogens is 1. The van der Waals surface area contributed by atoms with Crippen molar-refractivity contribution >= 4 is 27.8 Å². The van der Waals surface area contributed by atoms with Crippen molar-refractivity contribution in [2.45, 2.75) is 12.8 Å². The molecule has 0 radical (unpaired) electrons. The Morgan fingerprint density at radius 1 is 1.21 bits per heavy atom. The Hall–Kier alpha value is -3.19. The molecule has 1 aliphatic rings. The van der Waals surface area contributed by atoms with E-state index < -0.39 is 0 Å². The first-order valence-electron chi connectivity index (χ1n) is 9.57. The number of fused-ring (bicyclic) bond motifs is 2. The van der Waals surface area contributed by atoms with Crippen LogP contribution in [0.4, 0.5) is 0 Å². The SMILES string of the molecule is O=C(NCC1CCOCC1)c1ccc2nc(-n3ncc4ccccc43)[nH]c2c1. The number of carbonyl (C=O) groups is 1. The molecule has 1 saturated heterocycles. The second-order valence-corrected chi connectivity index (χ2v) is 7.17. The average Bonchev–Trinajstić information content (AvgIpc) is 3.36. The number of para-hydroxylation sites is 1. The third-order valence-corrected chi connectivity index (χ3v) is 5.30. The van der Waals surface area contributed by atoms with Crippen LogP contribution in [-0.2, 0) is 4.74 Å². The monoisotopic (exact) mass is 375 g/mol. The zero-order valence-electron chi connectivity index (χ0n) is 15.4. The van der Waals surface area contributed by atoms with Gasteiger partial charge in [0.25, 0.3) is 5.91 Å². The lowest BCUT2D eigenvalue weighted by Crippen LogP contribution is -2.32. The summed E-state index contributed by atoms with van der Waals surface area (Å²) in [5.74, 6) is 1.07. The van der Waals surface area contributed by atoms with Gasteiger partial charge in [0.15, 0.2) is 0 Å². The number of carbonyl (C=O) groups excluding carboxylic acids is 1. The van der Waals surface area contributed by atoms with Crippen LogP contribution in [0.3, 0.4) is 0 Å². The van der Waals surface area contributed by atoms with E-state index in [4.69, 9.17) is 4.74 Å². The van der Waals surface area contributed by atoms with Crippen LogP contribution in [0.25, 0.3) is 27.9 Å². The Kier molecular flexibility index (Phi) is 4.29. The highest BCUT2D eigenvalue weighted by Crippen LogP contribution is 2.20. The van der Waals surface area contributed by atoms with Gasteiger partial charge in [0.1, 0.15) is 0 Å². The standard InChI is InChI=1S/C21H21N5O2/c27-20(22-12-14-7-9-28-10-8-14)15-5-6-17-18(11-15)25-21(24-17)26-19-4-2-1-3-16(19)13-23-26/h1-6,11,13-14H,7-10,12H2,(H,22,27)(H,24,25). The molecule has 3 heterocycles. The average molecular weight is 375 g/mol. The van der Waals surface area contributed by atoms with E-state index in [2.05, 4.69) is 20.4 Å². The fourth-order valence-corrected chi connectivity index (χ4v) is 3.67. The summed E-state index contributed by atoms with van der Waals surface area (Å²) in [4.78, 5) is 20.5. The first-order valence-corrected chi connectivity index (χ1v) is 9.57. The number of aromatic nitrogens is 4. The topological polar surface area (TPSA) is 84.8 Å². The molecule has 1 fully saturated rings. The molecular formula is C21H21N5O2. The Morgan fingerprint density at radius 2 is 2.07 bits per heavy atom. The summed E-state index contributed by atoms with van der Waals surface area (Å²) in [6.45, 7) is 2.25. The molecule has 7 nitrogen and oxygen atoms in total. The Morgan fingerprint density at radius 3 is 2.96 bits per heavy atom. The quantitative estimate of drug-likeness (QED) is 0.574. The molecule has 0 spiro atoms. The van der Waals surface area contributed by atoms with Crippen LogP contribution in [0.2, 0.25) is 0 Å². The maximum Gasteiger partial charge on any atom is 0.251 e. The molecule has 1 amide bonds. The summed E-state index contributed by atoms with van der Waals surface area (Å²) in [6.07, 6.45) is 3.82. The molecular weight excluding hydrogens is 354 g/mol. The minimum absolute atomic E-state index is 0.0610. The van der Waals surface area contributed by atoms with Crippen molar-refractivity contribution in [2.24, 2.45) is 5.92 Å². The van der Waals surface area contributed by atoms with E-state index in [1.807, 2.05) is 48.7 Å². The van der Waals surface area contributed by atoms with Gasteiger partial charge in [-0.25, -0.2) is 4.98 Å². The largest absolute Gasteiger partial charge is 0.381 e. The Balaban J connectivity index is 1.38. The van der Waals surface area contributed by atoms with Gasteiger partial charge in [0, 0.05) is 30.7 Å². The molecule has 2 N–H and O–H groups in total. The van der Waals surface area contributed by atoms with Crippen molar-refractivity contribution in [3.63, 3.8) is 0 Å². The van der Waals surface area contributed by atoms with Crippen molar-refractivity contribution in [3.05, 3.63) is 54.2 Å². The van der Waals surface area contributed by atoms with Crippen LogP contribution in [0.15, 0.2) is 48.7 Å². The highest BCUT2D eigenvalue weighted by Gasteiger charge is 2.16. The third kappa shape index (κ3) is 3.14. The molecule has 0 aliphatic carbocycles. The lowest BCUT2D eigenvalue weighted by molar-refractivity contribution is 0.0642. The molecule has 28 heavy (non-hydrogen) atoms. The van der Waals surface area contributed by atoms with Gasteiger partial charge in [0.05, 0.1) is 22.7 Å². The van der Waals surface area contributed by atoms with Gasteiger partial charge in [-0.3, -0.25) is 4.79 Å². The molecule has 1 aliphatic heterocycles. The fraction of sp³-hybridized carbons (Fsp3) is 0.286. The number of nitrogens with zero attached hydrogens (tertiary/aromatic N) is 3. The van der Waals surface area contributed by atoms with Crippen molar-refractivity contribution in [2.75, 3.05) is 19.8 Å². The van der Waals surface area contributed by atoms with E-state index in [-0.39, 0.29) is 5.91 Å². The minimum atomic E-state index is -0.0610. The van der Waals surface area contributed by atoms with Crippen LogP contribution in [0.5, 0.6) is 0 Å². The summed E-state index contributed by atoms with van der Waals surface area (Å²) in [5, 5.41) is 8.53. The molecule has 0 unspecified atom stereocenters. The predicted octanol–water partition coefficient (Wildman–Crippen LogP) is 3.06. The van der Waals surface area contributed by atoms with Crippen LogP contribution in [-0.4, -0.2) is 45.4 Å². The van der Waals surface area contributed by atoms with Crippen molar-refractivity contribution < 1.29 is 9.53 Å². The van der Waals surface area contributed by atoms with Gasteiger partial charge in [-0.1, -0.05) is 18.2 Å². The number of hydrogen-bond donors (Lipinski definition) is 2. The number of imidazole rings is 1. The molecule has 7 heteroatoms. The van der Waals surface area contributed by atoms with E-state index >= 15 is 0 Å². The van der Waals surface area contributed by atoms with Crippen molar-refractivity contribution in [1.82, 2.24) is 25.1 Å². The van der Waals surface area contributed by atoms with Gasteiger partial charge in [0.2, 0.25) is 5.95 Å². The van der Waals surface area contributed by atoms with Gasteiger partial charge in [-0.05, 0) is 43.0 Å². The molecule has 2 aromatic heterocycles.